The number of hydrogen-bond acceptors (Lipinski definition) is 5. The number of nitrogens with zero attached hydrogens (tertiary/aromatic N) is 1. The van der Waals surface area contributed by atoms with Gasteiger partial charge in [-0.3, -0.25) is 20.2 Å². The molecule has 0 aliphatic heterocycles. The fraction of sp³-hybridized carbons (Fsp3) is 0.500. The zero-order valence-corrected chi connectivity index (χ0v) is 13.2. The second-order valence-corrected chi connectivity index (χ2v) is 6.00. The van der Waals surface area contributed by atoms with Gasteiger partial charge in [-0.05, 0) is 24.8 Å². The highest BCUT2D eigenvalue weighted by Gasteiger charge is 2.41. The van der Waals surface area contributed by atoms with Crippen molar-refractivity contribution in [1.29, 1.82) is 0 Å². The summed E-state index contributed by atoms with van der Waals surface area (Å²) in [6, 6.07) is 6.14. The van der Waals surface area contributed by atoms with E-state index in [-0.39, 0.29) is 12.4 Å². The van der Waals surface area contributed by atoms with Gasteiger partial charge in [0.05, 0.1) is 10.3 Å². The largest absolute Gasteiger partial charge is 0.465 e. The number of esters is 1. The molecule has 8 nitrogen and oxygen atoms in total. The number of nitro groups is 1. The third kappa shape index (κ3) is 4.43. The zero-order chi connectivity index (χ0) is 17.6. The predicted molar refractivity (Wildman–Crippen MR) is 84.4 cm³/mol. The lowest BCUT2D eigenvalue weighted by Crippen LogP contribution is -2.39. The summed E-state index contributed by atoms with van der Waals surface area (Å²) in [4.78, 5) is 33.2. The fourth-order valence-corrected chi connectivity index (χ4v) is 3.12. The van der Waals surface area contributed by atoms with E-state index in [0.717, 1.165) is 24.8 Å². The van der Waals surface area contributed by atoms with Crippen LogP contribution in [0, 0.1) is 15.5 Å². The molecule has 1 aliphatic rings. The second-order valence-electron chi connectivity index (χ2n) is 6.00. The summed E-state index contributed by atoms with van der Waals surface area (Å²) in [5.74, 6) is -0.422. The van der Waals surface area contributed by atoms with E-state index in [0.29, 0.717) is 19.3 Å². The van der Waals surface area contributed by atoms with Crippen LogP contribution in [0.5, 0.6) is 0 Å². The van der Waals surface area contributed by atoms with Gasteiger partial charge in [0.15, 0.2) is 6.73 Å². The smallest absolute Gasteiger partial charge is 0.407 e. The first-order valence-corrected chi connectivity index (χ1v) is 7.80. The molecule has 1 amide bonds. The van der Waals surface area contributed by atoms with Gasteiger partial charge in [0.1, 0.15) is 0 Å². The Balaban J connectivity index is 2.10. The van der Waals surface area contributed by atoms with E-state index in [1.807, 2.05) is 5.32 Å². The summed E-state index contributed by atoms with van der Waals surface area (Å²) in [6.07, 6.45) is 3.34. The van der Waals surface area contributed by atoms with Crippen LogP contribution in [0.25, 0.3) is 0 Å². The maximum atomic E-state index is 12.5. The Morgan fingerprint density at radius 2 is 1.83 bits per heavy atom. The lowest BCUT2D eigenvalue weighted by Gasteiger charge is -2.35. The van der Waals surface area contributed by atoms with Crippen molar-refractivity contribution in [1.82, 2.24) is 5.32 Å². The predicted octanol–water partition coefficient (Wildman–Crippen LogP) is 2.86. The number of ether oxygens (including phenoxy) is 1. The number of non-ortho nitro benzene ring substituents is 1. The average Bonchev–Trinajstić information content (AvgIpc) is 2.55. The highest BCUT2D eigenvalue weighted by molar-refractivity contribution is 5.77. The van der Waals surface area contributed by atoms with Crippen LogP contribution >= 0.6 is 0 Å². The van der Waals surface area contributed by atoms with Gasteiger partial charge in [-0.2, -0.15) is 0 Å². The number of carboxylic acid groups (broad SMARTS) is 1. The Hall–Kier alpha value is -2.64. The molecule has 2 rings (SSSR count). The zero-order valence-electron chi connectivity index (χ0n) is 13.2. The van der Waals surface area contributed by atoms with Gasteiger partial charge < -0.3 is 9.84 Å². The van der Waals surface area contributed by atoms with Gasteiger partial charge in [-0.15, -0.1) is 0 Å². The minimum atomic E-state index is -1.25. The molecule has 1 fully saturated rings. The lowest BCUT2D eigenvalue weighted by molar-refractivity contribution is -0.384. The molecule has 1 saturated carbocycles. The molecular formula is C16H20N2O6. The van der Waals surface area contributed by atoms with Crippen LogP contribution in [0.2, 0.25) is 0 Å². The Morgan fingerprint density at radius 3 is 2.38 bits per heavy atom. The molecule has 1 aromatic carbocycles. The molecule has 1 aliphatic carbocycles. The molecular weight excluding hydrogens is 316 g/mol. The SMILES string of the molecule is O=C(O)NCOC(=O)C1(Cc2ccc([N+](=O)[O-])cc2)CCCCC1. The number of nitrogens with one attached hydrogen (secondary N) is 1. The number of nitro benzene ring substituents is 1. The van der Waals surface area contributed by atoms with Gasteiger partial charge in [0.2, 0.25) is 0 Å². The number of carbonyl (C=O) groups is 2. The first kappa shape index (κ1) is 17.7. The standard InChI is InChI=1S/C16H20N2O6/c19-14(24-11-17-15(20)21)16(8-2-1-3-9-16)10-12-4-6-13(7-5-12)18(22)23/h4-7,17H,1-3,8-11H2,(H,20,21). The van der Waals surface area contributed by atoms with Crippen LogP contribution in [-0.2, 0) is 16.0 Å². The quantitative estimate of drug-likeness (QED) is 0.357. The molecule has 0 spiro atoms. The van der Waals surface area contributed by atoms with E-state index in [4.69, 9.17) is 9.84 Å². The third-order valence-corrected chi connectivity index (χ3v) is 4.36. The maximum Gasteiger partial charge on any atom is 0.407 e. The van der Waals surface area contributed by atoms with Gasteiger partial charge in [-0.1, -0.05) is 31.4 Å². The monoisotopic (exact) mass is 336 g/mol. The molecule has 130 valence electrons. The normalized spacial score (nSPS) is 16.2. The van der Waals surface area contributed by atoms with Gasteiger partial charge >= 0.3 is 12.1 Å². The highest BCUT2D eigenvalue weighted by atomic mass is 16.6. The first-order valence-electron chi connectivity index (χ1n) is 7.80. The Kier molecular flexibility index (Phi) is 5.73. The van der Waals surface area contributed by atoms with Crippen LogP contribution in [0.3, 0.4) is 0 Å². The molecule has 0 radical (unpaired) electrons. The fourth-order valence-electron chi connectivity index (χ4n) is 3.12. The van der Waals surface area contributed by atoms with Gasteiger partial charge in [-0.25, -0.2) is 4.79 Å². The van der Waals surface area contributed by atoms with Crippen LogP contribution in [0.1, 0.15) is 37.7 Å². The van der Waals surface area contributed by atoms with E-state index >= 15 is 0 Å². The van der Waals surface area contributed by atoms with Gasteiger partial charge in [0.25, 0.3) is 5.69 Å². The lowest BCUT2D eigenvalue weighted by atomic mass is 9.70. The summed E-state index contributed by atoms with van der Waals surface area (Å²) >= 11 is 0. The van der Waals surface area contributed by atoms with Crippen LogP contribution in [0.15, 0.2) is 24.3 Å². The molecule has 2 N–H and O–H groups in total. The topological polar surface area (TPSA) is 119 Å². The average molecular weight is 336 g/mol. The maximum absolute atomic E-state index is 12.5. The minimum Gasteiger partial charge on any atom is -0.465 e. The molecule has 0 heterocycles. The van der Waals surface area contributed by atoms with Crippen molar-refractivity contribution in [3.05, 3.63) is 39.9 Å². The molecule has 0 bridgehead atoms. The molecule has 1 aromatic rings. The Morgan fingerprint density at radius 1 is 1.21 bits per heavy atom. The Bertz CT molecular complexity index is 607. The number of amides is 1. The van der Waals surface area contributed by atoms with Crippen LogP contribution in [0.4, 0.5) is 10.5 Å². The van der Waals surface area contributed by atoms with Crippen molar-refractivity contribution in [2.75, 3.05) is 6.73 Å². The van der Waals surface area contributed by atoms with E-state index in [9.17, 15) is 19.7 Å². The first-order chi connectivity index (χ1) is 11.4. The summed E-state index contributed by atoms with van der Waals surface area (Å²) < 4.78 is 5.09. The van der Waals surface area contributed by atoms with E-state index in [1.165, 1.54) is 12.1 Å². The number of hydrogen-bond donors (Lipinski definition) is 2. The van der Waals surface area contributed by atoms with Crippen molar-refractivity contribution in [2.45, 2.75) is 38.5 Å². The van der Waals surface area contributed by atoms with Gasteiger partial charge in [0, 0.05) is 12.1 Å². The highest BCUT2D eigenvalue weighted by Crippen LogP contribution is 2.40. The molecule has 0 atom stereocenters. The minimum absolute atomic E-state index is 0.00433. The molecule has 0 unspecified atom stereocenters. The van der Waals surface area contributed by atoms with E-state index in [1.54, 1.807) is 12.1 Å². The molecule has 8 heteroatoms. The van der Waals surface area contributed by atoms with E-state index < -0.39 is 22.4 Å². The van der Waals surface area contributed by atoms with Crippen LogP contribution in [-0.4, -0.2) is 28.8 Å². The van der Waals surface area contributed by atoms with E-state index in [2.05, 4.69) is 0 Å². The van der Waals surface area contributed by atoms with Crippen molar-refractivity contribution in [3.63, 3.8) is 0 Å². The van der Waals surface area contributed by atoms with Crippen molar-refractivity contribution >= 4 is 17.7 Å². The Labute approximate surface area is 139 Å². The summed E-state index contributed by atoms with van der Waals surface area (Å²) in [6.45, 7) is -0.379. The summed E-state index contributed by atoms with van der Waals surface area (Å²) in [7, 11) is 0. The van der Waals surface area contributed by atoms with Crippen molar-refractivity contribution < 1.29 is 24.4 Å². The molecule has 0 aromatic heterocycles. The van der Waals surface area contributed by atoms with Crippen molar-refractivity contribution in [2.24, 2.45) is 5.41 Å². The van der Waals surface area contributed by atoms with Crippen molar-refractivity contribution in [3.8, 4) is 0 Å². The number of carbonyl (C=O) groups excluding carboxylic acids is 1. The third-order valence-electron chi connectivity index (χ3n) is 4.36. The summed E-state index contributed by atoms with van der Waals surface area (Å²) in [5.41, 5.74) is 0.129. The number of benzene rings is 1. The number of rotatable bonds is 6. The second kappa shape index (κ2) is 7.76. The molecule has 0 saturated heterocycles. The molecule has 24 heavy (non-hydrogen) atoms. The van der Waals surface area contributed by atoms with Crippen LogP contribution < -0.4 is 5.32 Å². The summed E-state index contributed by atoms with van der Waals surface area (Å²) in [5, 5.41) is 21.3.